The molecule has 0 saturated carbocycles. The number of likely N-dealkylation sites (tertiary alicyclic amines) is 1. The molecule has 0 bridgehead atoms. The van der Waals surface area contributed by atoms with Gasteiger partial charge in [-0.15, -0.1) is 12.8 Å². The monoisotopic (exact) mass is 488 g/mol. The Balaban J connectivity index is 0.00000155. The highest BCUT2D eigenvalue weighted by atomic mass is 35.5. The van der Waals surface area contributed by atoms with Crippen LogP contribution in [0, 0.1) is 5.92 Å². The Labute approximate surface area is 198 Å². The summed E-state index contributed by atoms with van der Waals surface area (Å²) in [5, 5.41) is 8.86. The average Bonchev–Trinajstić information content (AvgIpc) is 2.74. The molecule has 1 heterocycles. The van der Waals surface area contributed by atoms with Crippen LogP contribution in [0.2, 0.25) is 15.1 Å². The number of amides is 1. The van der Waals surface area contributed by atoms with Gasteiger partial charge in [0.2, 0.25) is 5.91 Å². The van der Waals surface area contributed by atoms with Crippen molar-refractivity contribution in [3.63, 3.8) is 0 Å². The van der Waals surface area contributed by atoms with Crippen LogP contribution in [0.1, 0.15) is 31.2 Å². The topological polar surface area (TPSA) is 84.4 Å². The molecule has 5 N–H and O–H groups in total. The van der Waals surface area contributed by atoms with E-state index in [0.29, 0.717) is 33.2 Å². The number of hydrogen-bond acceptors (Lipinski definition) is 5. The van der Waals surface area contributed by atoms with E-state index in [2.05, 4.69) is 30.2 Å². The summed E-state index contributed by atoms with van der Waals surface area (Å²) in [6.45, 7) is 4.16. The summed E-state index contributed by atoms with van der Waals surface area (Å²) in [5.74, 6) is 0.286. The van der Waals surface area contributed by atoms with Crippen LogP contribution < -0.4 is 16.2 Å². The van der Waals surface area contributed by atoms with Gasteiger partial charge in [0, 0.05) is 30.3 Å². The van der Waals surface area contributed by atoms with Crippen molar-refractivity contribution in [2.75, 3.05) is 30.7 Å². The van der Waals surface area contributed by atoms with E-state index in [1.807, 2.05) is 29.2 Å². The third-order valence-corrected chi connectivity index (χ3v) is 6.09. The van der Waals surface area contributed by atoms with Crippen LogP contribution in [-0.2, 0) is 4.79 Å². The Kier molecular flexibility index (Phi) is 9.91. The van der Waals surface area contributed by atoms with E-state index in [1.54, 1.807) is 12.1 Å². The van der Waals surface area contributed by atoms with Gasteiger partial charge in [-0.05, 0) is 54.7 Å². The standard InChI is InChI=1S/C21H24Cl3N3O.H3NS/c1-13-5-7-27(8-6-13)21(28)17(12-26-16-4-2-3-15(22)11-16)14-9-18(23)20(25)19(24)10-14;1-2/h2-4,9-11,13,17,26H,5-8,12,25H2,1H3;2H,1H2. The van der Waals surface area contributed by atoms with Gasteiger partial charge in [0.1, 0.15) is 0 Å². The second kappa shape index (κ2) is 11.9. The first-order valence-electron chi connectivity index (χ1n) is 9.63. The van der Waals surface area contributed by atoms with Crippen LogP contribution >= 0.6 is 47.6 Å². The number of anilines is 2. The van der Waals surface area contributed by atoms with Crippen molar-refractivity contribution in [2.45, 2.75) is 25.7 Å². The SMILES string of the molecule is CC1CCN(C(=O)C(CNc2cccc(Cl)c2)c2cc(Cl)c(N)c(Cl)c2)CC1.NS. The molecule has 1 fully saturated rings. The molecule has 2 aromatic rings. The molecule has 3 rings (SSSR count). The summed E-state index contributed by atoms with van der Waals surface area (Å²) >= 11 is 21.6. The number of nitrogen functional groups attached to an aromatic ring is 1. The Bertz CT molecular complexity index is 837. The third kappa shape index (κ3) is 6.59. The zero-order valence-electron chi connectivity index (χ0n) is 16.7. The predicted molar refractivity (Wildman–Crippen MR) is 132 cm³/mol. The molecule has 1 saturated heterocycles. The van der Waals surface area contributed by atoms with Crippen LogP contribution in [0.5, 0.6) is 0 Å². The molecule has 0 aliphatic carbocycles. The van der Waals surface area contributed by atoms with E-state index in [1.165, 1.54) is 0 Å². The van der Waals surface area contributed by atoms with Gasteiger partial charge in [-0.1, -0.05) is 47.8 Å². The molecule has 9 heteroatoms. The fraction of sp³-hybridized carbons (Fsp3) is 0.381. The quantitative estimate of drug-likeness (QED) is 0.331. The minimum absolute atomic E-state index is 0.0679. The largest absolute Gasteiger partial charge is 0.396 e. The molecule has 5 nitrogen and oxygen atoms in total. The molecule has 0 radical (unpaired) electrons. The second-order valence-electron chi connectivity index (χ2n) is 7.35. The van der Waals surface area contributed by atoms with Crippen molar-refractivity contribution < 1.29 is 4.79 Å². The Morgan fingerprint density at radius 1 is 1.17 bits per heavy atom. The molecule has 1 unspecified atom stereocenters. The summed E-state index contributed by atoms with van der Waals surface area (Å²) in [5.41, 5.74) is 7.81. The molecule has 1 atom stereocenters. The van der Waals surface area contributed by atoms with E-state index in [4.69, 9.17) is 40.5 Å². The van der Waals surface area contributed by atoms with Gasteiger partial charge in [-0.25, -0.2) is 0 Å². The van der Waals surface area contributed by atoms with E-state index >= 15 is 0 Å². The number of rotatable bonds is 5. The van der Waals surface area contributed by atoms with Crippen molar-refractivity contribution in [1.82, 2.24) is 4.90 Å². The molecule has 164 valence electrons. The number of nitrogens with zero attached hydrogens (tertiary/aromatic N) is 1. The molecule has 30 heavy (non-hydrogen) atoms. The number of carbonyl (C=O) groups excluding carboxylic acids is 1. The Hall–Kier alpha value is -1.31. The maximum atomic E-state index is 13.3. The highest BCUT2D eigenvalue weighted by Crippen LogP contribution is 2.33. The van der Waals surface area contributed by atoms with Gasteiger partial charge < -0.3 is 16.0 Å². The molecule has 0 aromatic heterocycles. The van der Waals surface area contributed by atoms with Crippen LogP contribution in [0.3, 0.4) is 0 Å². The average molecular weight is 490 g/mol. The van der Waals surface area contributed by atoms with Crippen molar-refractivity contribution >= 4 is 64.9 Å². The Morgan fingerprint density at radius 2 is 1.77 bits per heavy atom. The number of benzene rings is 2. The van der Waals surface area contributed by atoms with Gasteiger partial charge >= 0.3 is 0 Å². The molecular weight excluding hydrogens is 463 g/mol. The lowest BCUT2D eigenvalue weighted by molar-refractivity contribution is -0.133. The minimum atomic E-state index is -0.428. The van der Waals surface area contributed by atoms with Crippen molar-refractivity contribution in [2.24, 2.45) is 11.1 Å². The molecule has 1 aliphatic heterocycles. The van der Waals surface area contributed by atoms with Gasteiger partial charge in [-0.3, -0.25) is 9.93 Å². The van der Waals surface area contributed by atoms with Gasteiger partial charge in [-0.2, -0.15) is 0 Å². The number of thiol groups is 1. The summed E-state index contributed by atoms with van der Waals surface area (Å²) < 4.78 is 0. The van der Waals surface area contributed by atoms with Gasteiger partial charge in [0.15, 0.2) is 0 Å². The van der Waals surface area contributed by atoms with E-state index in [9.17, 15) is 4.79 Å². The summed E-state index contributed by atoms with van der Waals surface area (Å²) in [6, 6.07) is 10.9. The molecule has 1 amide bonds. The molecular formula is C21H27Cl3N4OS. The smallest absolute Gasteiger partial charge is 0.231 e. The lowest BCUT2D eigenvalue weighted by Gasteiger charge is -2.33. The van der Waals surface area contributed by atoms with E-state index in [0.717, 1.165) is 37.2 Å². The van der Waals surface area contributed by atoms with Crippen molar-refractivity contribution in [1.29, 1.82) is 0 Å². The van der Waals surface area contributed by atoms with Crippen LogP contribution in [-0.4, -0.2) is 30.4 Å². The number of nitrogens with one attached hydrogen (secondary N) is 1. The zero-order valence-corrected chi connectivity index (χ0v) is 19.9. The Morgan fingerprint density at radius 3 is 2.33 bits per heavy atom. The number of piperidine rings is 1. The number of hydrogen-bond donors (Lipinski definition) is 4. The van der Waals surface area contributed by atoms with Gasteiger partial charge in [0.05, 0.1) is 21.7 Å². The fourth-order valence-corrected chi connectivity index (χ4v) is 4.11. The first kappa shape index (κ1) is 25.0. The van der Waals surface area contributed by atoms with Crippen LogP contribution in [0.15, 0.2) is 36.4 Å². The highest BCUT2D eigenvalue weighted by Gasteiger charge is 2.29. The number of carbonyl (C=O) groups is 1. The zero-order chi connectivity index (χ0) is 22.3. The van der Waals surface area contributed by atoms with Crippen LogP contribution in [0.25, 0.3) is 0 Å². The lowest BCUT2D eigenvalue weighted by atomic mass is 9.93. The van der Waals surface area contributed by atoms with Crippen LogP contribution in [0.4, 0.5) is 11.4 Å². The maximum absolute atomic E-state index is 13.3. The summed E-state index contributed by atoms with van der Waals surface area (Å²) in [6.07, 6.45) is 2.03. The first-order chi connectivity index (χ1) is 14.3. The van der Waals surface area contributed by atoms with Crippen molar-refractivity contribution in [3.05, 3.63) is 57.0 Å². The van der Waals surface area contributed by atoms with E-state index < -0.39 is 5.92 Å². The maximum Gasteiger partial charge on any atom is 0.231 e. The number of halogens is 3. The van der Waals surface area contributed by atoms with Crippen molar-refractivity contribution in [3.8, 4) is 0 Å². The fourth-order valence-electron chi connectivity index (χ4n) is 3.42. The highest BCUT2D eigenvalue weighted by molar-refractivity contribution is 7.77. The predicted octanol–water partition coefficient (Wildman–Crippen LogP) is 5.47. The molecule has 0 spiro atoms. The third-order valence-electron chi connectivity index (χ3n) is 5.23. The number of nitrogens with two attached hydrogens (primary N) is 2. The molecule has 2 aromatic carbocycles. The first-order valence-corrected chi connectivity index (χ1v) is 11.3. The van der Waals surface area contributed by atoms with E-state index in [-0.39, 0.29) is 5.91 Å². The second-order valence-corrected chi connectivity index (χ2v) is 8.60. The lowest BCUT2D eigenvalue weighted by Crippen LogP contribution is -2.42. The minimum Gasteiger partial charge on any atom is -0.396 e. The molecule has 1 aliphatic rings. The van der Waals surface area contributed by atoms with Gasteiger partial charge in [0.25, 0.3) is 0 Å². The normalized spacial score (nSPS) is 15.2. The summed E-state index contributed by atoms with van der Waals surface area (Å²) in [4.78, 5) is 15.3. The summed E-state index contributed by atoms with van der Waals surface area (Å²) in [7, 11) is 0.